The molecule has 226 valence electrons. The Kier molecular flexibility index (Phi) is 10.3. The smallest absolute Gasteiger partial charge is 0.320 e. The highest BCUT2D eigenvalue weighted by Gasteiger charge is 2.38. The average molecular weight is 624 g/mol. The third kappa shape index (κ3) is 7.76. The lowest BCUT2D eigenvalue weighted by Crippen LogP contribution is -2.46. The van der Waals surface area contributed by atoms with E-state index in [9.17, 15) is 31.1 Å². The zero-order valence-corrected chi connectivity index (χ0v) is 23.9. The number of hydrogen-bond donors (Lipinski definition) is 1. The van der Waals surface area contributed by atoms with Gasteiger partial charge in [0.15, 0.2) is 0 Å². The zero-order valence-electron chi connectivity index (χ0n) is 22.4. The van der Waals surface area contributed by atoms with Crippen molar-refractivity contribution in [2.75, 3.05) is 32.7 Å². The third-order valence-electron chi connectivity index (χ3n) is 8.23. The molecule has 2 fully saturated rings. The Labute approximate surface area is 245 Å². The lowest BCUT2D eigenvalue weighted by molar-refractivity contribution is -0.143. The van der Waals surface area contributed by atoms with Gasteiger partial charge in [-0.2, -0.15) is 26.3 Å². The Morgan fingerprint density at radius 1 is 0.902 bits per heavy atom. The molecule has 2 heterocycles. The van der Waals surface area contributed by atoms with Crippen molar-refractivity contribution < 1.29 is 31.1 Å². The standard InChI is InChI=1S/C29H33Cl2F6N3O/c30-24-5-4-23(18(17-41)6-11-39-12-7-22(8-13-39)40-9-2-1-3-10-40)25(26(24)31)27(38)19-14-20(28(32,33)34)16-21(15-19)29(35,36)37/h4-5,14-18,22,27H,1-3,6-13,38H2. The predicted molar refractivity (Wildman–Crippen MR) is 147 cm³/mol. The topological polar surface area (TPSA) is 49.6 Å². The molecule has 0 amide bonds. The number of benzene rings is 2. The van der Waals surface area contributed by atoms with Crippen molar-refractivity contribution in [3.8, 4) is 0 Å². The molecule has 2 unspecified atom stereocenters. The largest absolute Gasteiger partial charge is 0.416 e. The molecule has 0 bridgehead atoms. The summed E-state index contributed by atoms with van der Waals surface area (Å²) in [6.45, 7) is 4.62. The van der Waals surface area contributed by atoms with Crippen LogP contribution in [0.4, 0.5) is 26.3 Å². The first kappa shape index (κ1) is 32.1. The van der Waals surface area contributed by atoms with Crippen LogP contribution in [0.1, 0.15) is 78.3 Å². The molecule has 4 rings (SSSR count). The van der Waals surface area contributed by atoms with Gasteiger partial charge < -0.3 is 20.3 Å². The molecule has 2 N–H and O–H groups in total. The fourth-order valence-corrected chi connectivity index (χ4v) is 6.41. The van der Waals surface area contributed by atoms with Crippen LogP contribution in [0, 0.1) is 0 Å². The molecule has 41 heavy (non-hydrogen) atoms. The molecule has 12 heteroatoms. The first-order valence-electron chi connectivity index (χ1n) is 13.7. The number of carbonyl (C=O) groups excluding carboxylic acids is 1. The molecule has 0 radical (unpaired) electrons. The van der Waals surface area contributed by atoms with Crippen LogP contribution in [0.15, 0.2) is 30.3 Å². The number of rotatable bonds is 8. The van der Waals surface area contributed by atoms with Gasteiger partial charge in [-0.3, -0.25) is 0 Å². The van der Waals surface area contributed by atoms with Crippen molar-refractivity contribution in [1.82, 2.24) is 9.80 Å². The van der Waals surface area contributed by atoms with Gasteiger partial charge in [0, 0.05) is 12.0 Å². The summed E-state index contributed by atoms with van der Waals surface area (Å²) in [4.78, 5) is 17.1. The summed E-state index contributed by atoms with van der Waals surface area (Å²) in [5.74, 6) is -0.737. The molecule has 2 aromatic carbocycles. The molecule has 0 spiro atoms. The van der Waals surface area contributed by atoms with Crippen LogP contribution in [-0.2, 0) is 17.1 Å². The molecular weight excluding hydrogens is 591 g/mol. The highest BCUT2D eigenvalue weighted by Crippen LogP contribution is 2.42. The third-order valence-corrected chi connectivity index (χ3v) is 9.05. The quantitative estimate of drug-likeness (QED) is 0.242. The van der Waals surface area contributed by atoms with Crippen LogP contribution in [0.25, 0.3) is 0 Å². The second kappa shape index (κ2) is 13.2. The summed E-state index contributed by atoms with van der Waals surface area (Å²) in [6, 6.07) is 3.21. The second-order valence-corrected chi connectivity index (χ2v) is 11.7. The van der Waals surface area contributed by atoms with Gasteiger partial charge in [-0.05, 0) is 106 Å². The van der Waals surface area contributed by atoms with Gasteiger partial charge in [-0.25, -0.2) is 0 Å². The normalized spacial score (nSPS) is 19.7. The highest BCUT2D eigenvalue weighted by molar-refractivity contribution is 6.42. The molecule has 2 aliphatic heterocycles. The number of halogens is 8. The van der Waals surface area contributed by atoms with Crippen molar-refractivity contribution in [3.05, 3.63) is 68.2 Å². The van der Waals surface area contributed by atoms with Gasteiger partial charge >= 0.3 is 12.4 Å². The van der Waals surface area contributed by atoms with Crippen LogP contribution < -0.4 is 5.73 Å². The van der Waals surface area contributed by atoms with Crippen LogP contribution in [0.3, 0.4) is 0 Å². The molecule has 4 nitrogen and oxygen atoms in total. The number of nitrogens with two attached hydrogens (primary N) is 1. The molecule has 0 saturated carbocycles. The summed E-state index contributed by atoms with van der Waals surface area (Å²) >= 11 is 12.7. The van der Waals surface area contributed by atoms with Crippen molar-refractivity contribution >= 4 is 29.5 Å². The van der Waals surface area contributed by atoms with Gasteiger partial charge in [-0.1, -0.05) is 35.7 Å². The Hall–Kier alpha value is -1.85. The number of nitrogens with zero attached hydrogens (tertiary/aromatic N) is 2. The highest BCUT2D eigenvalue weighted by atomic mass is 35.5. The fraction of sp³-hybridized carbons (Fsp3) is 0.552. The maximum absolute atomic E-state index is 13.5. The van der Waals surface area contributed by atoms with E-state index in [2.05, 4.69) is 9.80 Å². The number of likely N-dealkylation sites (tertiary alicyclic amines) is 2. The van der Waals surface area contributed by atoms with E-state index in [1.165, 1.54) is 31.4 Å². The minimum Gasteiger partial charge on any atom is -0.320 e. The Bertz CT molecular complexity index is 1180. The first-order chi connectivity index (χ1) is 19.3. The van der Waals surface area contributed by atoms with Crippen molar-refractivity contribution in [3.63, 3.8) is 0 Å². The van der Waals surface area contributed by atoms with Gasteiger partial charge in [-0.15, -0.1) is 0 Å². The summed E-state index contributed by atoms with van der Waals surface area (Å²) in [6.07, 6.45) is -3.18. The number of carbonyl (C=O) groups is 1. The maximum Gasteiger partial charge on any atom is 0.416 e. The van der Waals surface area contributed by atoms with E-state index in [0.717, 1.165) is 39.0 Å². The minimum atomic E-state index is -5.04. The minimum absolute atomic E-state index is 0.0216. The monoisotopic (exact) mass is 623 g/mol. The van der Waals surface area contributed by atoms with Crippen molar-refractivity contribution in [1.29, 1.82) is 0 Å². The van der Waals surface area contributed by atoms with E-state index in [4.69, 9.17) is 28.9 Å². The first-order valence-corrected chi connectivity index (χ1v) is 14.5. The Morgan fingerprint density at radius 3 is 2.02 bits per heavy atom. The zero-order chi connectivity index (χ0) is 29.9. The molecule has 2 aromatic rings. The summed E-state index contributed by atoms with van der Waals surface area (Å²) < 4.78 is 81.0. The molecule has 0 aromatic heterocycles. The molecule has 2 saturated heterocycles. The van der Waals surface area contributed by atoms with Gasteiger partial charge in [0.2, 0.25) is 0 Å². The van der Waals surface area contributed by atoms with Crippen LogP contribution in [0.5, 0.6) is 0 Å². The van der Waals surface area contributed by atoms with Crippen molar-refractivity contribution in [2.45, 2.75) is 68.9 Å². The van der Waals surface area contributed by atoms with Gasteiger partial charge in [0.05, 0.1) is 27.2 Å². The van der Waals surface area contributed by atoms with E-state index in [0.29, 0.717) is 43.0 Å². The van der Waals surface area contributed by atoms with Gasteiger partial charge in [0.25, 0.3) is 0 Å². The Balaban J connectivity index is 1.56. The second-order valence-electron chi connectivity index (χ2n) is 10.9. The number of hydrogen-bond acceptors (Lipinski definition) is 4. The van der Waals surface area contributed by atoms with E-state index in [-0.39, 0.29) is 21.7 Å². The lowest BCUT2D eigenvalue weighted by atomic mass is 9.86. The van der Waals surface area contributed by atoms with E-state index >= 15 is 0 Å². The molecule has 2 aliphatic rings. The predicted octanol–water partition coefficient (Wildman–Crippen LogP) is 7.70. The van der Waals surface area contributed by atoms with E-state index in [1.807, 2.05) is 0 Å². The number of alkyl halides is 6. The van der Waals surface area contributed by atoms with E-state index in [1.54, 1.807) is 0 Å². The van der Waals surface area contributed by atoms with Crippen LogP contribution in [-0.4, -0.2) is 54.9 Å². The summed E-state index contributed by atoms with van der Waals surface area (Å²) in [7, 11) is 0. The number of aldehydes is 1. The molecule has 2 atom stereocenters. The van der Waals surface area contributed by atoms with Crippen LogP contribution in [0.2, 0.25) is 10.0 Å². The maximum atomic E-state index is 13.5. The lowest BCUT2D eigenvalue weighted by Gasteiger charge is -2.40. The summed E-state index contributed by atoms with van der Waals surface area (Å²) in [5, 5.41) is -0.0924. The van der Waals surface area contributed by atoms with Crippen molar-refractivity contribution in [2.24, 2.45) is 5.73 Å². The Morgan fingerprint density at radius 2 is 1.49 bits per heavy atom. The van der Waals surface area contributed by atoms with Gasteiger partial charge in [0.1, 0.15) is 6.29 Å². The molecular formula is C29H33Cl2F6N3O. The van der Waals surface area contributed by atoms with Crippen LogP contribution >= 0.6 is 23.2 Å². The van der Waals surface area contributed by atoms with E-state index < -0.39 is 41.0 Å². The SMILES string of the molecule is NC(c1cc(C(F)(F)F)cc(C(F)(F)F)c1)c1c(C(C=O)CCN2CCC(N3CCCCC3)CC2)ccc(Cl)c1Cl. The summed E-state index contributed by atoms with van der Waals surface area (Å²) in [5.41, 5.74) is 3.26. The number of piperidine rings is 2. The average Bonchev–Trinajstić information content (AvgIpc) is 2.94. The molecule has 0 aliphatic carbocycles. The fourth-order valence-electron chi connectivity index (χ4n) is 5.96.